The summed E-state index contributed by atoms with van der Waals surface area (Å²) in [6, 6.07) is 34.5. The molecule has 4 rings (SSSR count). The maximum absolute atomic E-state index is 11.4. The van der Waals surface area contributed by atoms with Crippen molar-refractivity contribution in [2.75, 3.05) is 26.4 Å². The summed E-state index contributed by atoms with van der Waals surface area (Å²) < 4.78 is 17.1. The average Bonchev–Trinajstić information content (AvgIpc) is 3.00. The van der Waals surface area contributed by atoms with Crippen molar-refractivity contribution in [1.29, 1.82) is 0 Å². The van der Waals surface area contributed by atoms with E-state index in [2.05, 4.69) is 11.9 Å². The van der Waals surface area contributed by atoms with Crippen molar-refractivity contribution in [1.82, 2.24) is 0 Å². The number of rotatable bonds is 14. The second-order valence-corrected chi connectivity index (χ2v) is 8.84. The fourth-order valence-electron chi connectivity index (χ4n) is 4.03. The molecule has 0 spiro atoms. The van der Waals surface area contributed by atoms with Gasteiger partial charge in [0.1, 0.15) is 36.6 Å². The molecular weight excluding hydrogens is 488 g/mol. The second-order valence-electron chi connectivity index (χ2n) is 8.84. The highest BCUT2D eigenvalue weighted by Crippen LogP contribution is 2.21. The van der Waals surface area contributed by atoms with Gasteiger partial charge in [-0.2, -0.15) is 0 Å². The maximum Gasteiger partial charge on any atom is 0.128 e. The summed E-state index contributed by atoms with van der Waals surface area (Å²) in [5, 5.41) is 0. The van der Waals surface area contributed by atoms with E-state index in [-0.39, 0.29) is 0 Å². The van der Waals surface area contributed by atoms with Crippen LogP contribution in [-0.4, -0.2) is 38.3 Å². The van der Waals surface area contributed by atoms with Crippen LogP contribution < -0.4 is 9.47 Å². The fraction of sp³-hybridized carbons (Fsp3) is 0.176. The minimum atomic E-state index is 0.422. The van der Waals surface area contributed by atoms with Crippen LogP contribution in [0, 0.1) is 0 Å². The van der Waals surface area contributed by atoms with Gasteiger partial charge in [0.15, 0.2) is 0 Å². The molecule has 0 aliphatic rings. The molecule has 4 aromatic carbocycles. The molecule has 39 heavy (non-hydrogen) atoms. The number of allylic oxidation sites excluding steroid dienone is 2. The van der Waals surface area contributed by atoms with E-state index in [9.17, 15) is 9.59 Å². The molecule has 0 aliphatic carbocycles. The molecule has 0 fully saturated rings. The minimum Gasteiger partial charge on any atom is -0.491 e. The third-order valence-corrected chi connectivity index (χ3v) is 6.09. The summed E-state index contributed by atoms with van der Waals surface area (Å²) in [6.07, 6.45) is 1.04. The molecule has 0 saturated carbocycles. The third kappa shape index (κ3) is 8.70. The van der Waals surface area contributed by atoms with Crippen molar-refractivity contribution in [3.05, 3.63) is 131 Å². The van der Waals surface area contributed by atoms with Crippen LogP contribution in [0.3, 0.4) is 0 Å². The molecule has 5 nitrogen and oxygen atoms in total. The molecule has 0 unspecified atom stereocenters. The van der Waals surface area contributed by atoms with Crippen LogP contribution in [0.1, 0.15) is 22.3 Å². The molecule has 0 aliphatic heterocycles. The van der Waals surface area contributed by atoms with Crippen LogP contribution in [0.15, 0.2) is 109 Å². The summed E-state index contributed by atoms with van der Waals surface area (Å²) in [7, 11) is 0. The Hall–Kier alpha value is -4.66. The van der Waals surface area contributed by atoms with Crippen LogP contribution >= 0.6 is 0 Å². The Bertz CT molecular complexity index is 1290. The van der Waals surface area contributed by atoms with Crippen molar-refractivity contribution in [2.24, 2.45) is 0 Å². The van der Waals surface area contributed by atoms with Gasteiger partial charge in [-0.3, -0.25) is 0 Å². The van der Waals surface area contributed by atoms with Crippen molar-refractivity contribution >= 4 is 23.0 Å². The van der Waals surface area contributed by atoms with E-state index in [0.29, 0.717) is 50.4 Å². The van der Waals surface area contributed by atoms with Crippen molar-refractivity contribution < 1.29 is 23.8 Å². The average molecular weight is 519 g/mol. The molecule has 0 saturated heterocycles. The SMILES string of the molecule is O=C=C(Cc1ccc(OCCOCCOc2ccc(CC(=C=O)c3ccccc3)cc2)cc1)c1ccccc1. The van der Waals surface area contributed by atoms with E-state index >= 15 is 0 Å². The monoisotopic (exact) mass is 518 g/mol. The first-order valence-electron chi connectivity index (χ1n) is 12.8. The van der Waals surface area contributed by atoms with Gasteiger partial charge in [-0.15, -0.1) is 0 Å². The Morgan fingerprint density at radius 2 is 0.872 bits per heavy atom. The molecule has 0 aromatic heterocycles. The highest BCUT2D eigenvalue weighted by molar-refractivity contribution is 5.89. The van der Waals surface area contributed by atoms with Gasteiger partial charge < -0.3 is 14.2 Å². The Morgan fingerprint density at radius 1 is 0.487 bits per heavy atom. The normalized spacial score (nSPS) is 10.3. The van der Waals surface area contributed by atoms with E-state index in [0.717, 1.165) is 33.8 Å². The van der Waals surface area contributed by atoms with Gasteiger partial charge >= 0.3 is 0 Å². The zero-order valence-corrected chi connectivity index (χ0v) is 21.7. The van der Waals surface area contributed by atoms with Crippen molar-refractivity contribution in [3.8, 4) is 11.5 Å². The first kappa shape index (κ1) is 27.4. The Balaban J connectivity index is 1.11. The fourth-order valence-corrected chi connectivity index (χ4v) is 4.03. The predicted molar refractivity (Wildman–Crippen MR) is 153 cm³/mol. The quantitative estimate of drug-likeness (QED) is 0.150. The van der Waals surface area contributed by atoms with Gasteiger partial charge in [0.25, 0.3) is 0 Å². The maximum atomic E-state index is 11.4. The number of carbonyl (C=O) groups excluding carboxylic acids is 2. The third-order valence-electron chi connectivity index (χ3n) is 6.09. The van der Waals surface area contributed by atoms with Crippen LogP contribution in [-0.2, 0) is 27.2 Å². The van der Waals surface area contributed by atoms with E-state index in [1.807, 2.05) is 109 Å². The molecule has 4 aromatic rings. The Kier molecular flexibility index (Phi) is 10.5. The lowest BCUT2D eigenvalue weighted by Crippen LogP contribution is -2.12. The number of ether oxygens (including phenoxy) is 3. The van der Waals surface area contributed by atoms with Gasteiger partial charge in [0.05, 0.1) is 13.2 Å². The van der Waals surface area contributed by atoms with E-state index < -0.39 is 0 Å². The van der Waals surface area contributed by atoms with Gasteiger partial charge in [0.2, 0.25) is 0 Å². The molecule has 0 N–H and O–H groups in total. The van der Waals surface area contributed by atoms with Crippen LogP contribution in [0.25, 0.3) is 11.1 Å². The van der Waals surface area contributed by atoms with Gasteiger partial charge in [-0.1, -0.05) is 84.9 Å². The molecule has 196 valence electrons. The van der Waals surface area contributed by atoms with E-state index in [1.165, 1.54) is 0 Å². The molecule has 0 heterocycles. The van der Waals surface area contributed by atoms with Gasteiger partial charge in [0, 0.05) is 24.0 Å². The van der Waals surface area contributed by atoms with Crippen molar-refractivity contribution in [3.63, 3.8) is 0 Å². The standard InChI is InChI=1S/C34H30O5/c35-25-31(29-7-3-1-4-8-29)23-27-11-15-33(16-12-27)38-21-19-37-20-22-39-34-17-13-28(14-18-34)24-32(26-36)30-9-5-2-6-10-30/h1-18H,19-24H2. The van der Waals surface area contributed by atoms with Crippen LogP contribution in [0.4, 0.5) is 0 Å². The number of benzene rings is 4. The number of hydrogen-bond donors (Lipinski definition) is 0. The largest absolute Gasteiger partial charge is 0.491 e. The summed E-state index contributed by atoms with van der Waals surface area (Å²) in [5.41, 5.74) is 5.06. The highest BCUT2D eigenvalue weighted by atomic mass is 16.5. The molecule has 0 amide bonds. The molecule has 0 bridgehead atoms. The Morgan fingerprint density at radius 3 is 1.23 bits per heavy atom. The summed E-state index contributed by atoms with van der Waals surface area (Å²) >= 11 is 0. The molecule has 0 atom stereocenters. The lowest BCUT2D eigenvalue weighted by atomic mass is 9.99. The van der Waals surface area contributed by atoms with Crippen LogP contribution in [0.5, 0.6) is 11.5 Å². The molecule has 0 radical (unpaired) electrons. The highest BCUT2D eigenvalue weighted by Gasteiger charge is 2.06. The van der Waals surface area contributed by atoms with Gasteiger partial charge in [-0.05, 0) is 46.5 Å². The second kappa shape index (κ2) is 14.9. The van der Waals surface area contributed by atoms with E-state index in [4.69, 9.17) is 14.2 Å². The van der Waals surface area contributed by atoms with E-state index in [1.54, 1.807) is 0 Å². The molecular formula is C34H30O5. The first-order chi connectivity index (χ1) is 19.2. The Labute approximate surface area is 229 Å². The van der Waals surface area contributed by atoms with Crippen LogP contribution in [0.2, 0.25) is 0 Å². The number of hydrogen-bond acceptors (Lipinski definition) is 5. The topological polar surface area (TPSA) is 61.8 Å². The lowest BCUT2D eigenvalue weighted by molar-refractivity contribution is 0.0764. The summed E-state index contributed by atoms with van der Waals surface area (Å²) in [6.45, 7) is 1.73. The zero-order valence-electron chi connectivity index (χ0n) is 21.7. The van der Waals surface area contributed by atoms with Gasteiger partial charge in [-0.25, -0.2) is 9.59 Å². The smallest absolute Gasteiger partial charge is 0.128 e. The first-order valence-corrected chi connectivity index (χ1v) is 12.8. The molecule has 5 heteroatoms. The zero-order chi connectivity index (χ0) is 27.1. The lowest BCUT2D eigenvalue weighted by Gasteiger charge is -2.10. The minimum absolute atomic E-state index is 0.422. The predicted octanol–water partition coefficient (Wildman–Crippen LogP) is 6.08. The summed E-state index contributed by atoms with van der Waals surface area (Å²) in [5.74, 6) is 5.62. The summed E-state index contributed by atoms with van der Waals surface area (Å²) in [4.78, 5) is 22.8. The van der Waals surface area contributed by atoms with Crippen molar-refractivity contribution in [2.45, 2.75) is 12.8 Å².